The molecule has 2 atom stereocenters. The van der Waals surface area contributed by atoms with E-state index in [1.54, 1.807) is 0 Å². The second kappa shape index (κ2) is 5.35. The van der Waals surface area contributed by atoms with Crippen LogP contribution in [-0.2, 0) is 14.3 Å². The molecule has 0 N–H and O–H groups in total. The zero-order valence-electron chi connectivity index (χ0n) is 12.3. The van der Waals surface area contributed by atoms with Crippen molar-refractivity contribution in [2.45, 2.75) is 44.6 Å². The van der Waals surface area contributed by atoms with Crippen LogP contribution in [0.1, 0.15) is 38.5 Å². The molecule has 20 heavy (non-hydrogen) atoms. The molecule has 5 heteroatoms. The van der Waals surface area contributed by atoms with Crippen LogP contribution >= 0.6 is 0 Å². The molecule has 112 valence electrons. The van der Waals surface area contributed by atoms with E-state index < -0.39 is 0 Å². The zero-order valence-corrected chi connectivity index (χ0v) is 12.3. The first-order chi connectivity index (χ1) is 9.65. The van der Waals surface area contributed by atoms with Crippen molar-refractivity contribution in [1.29, 1.82) is 0 Å². The summed E-state index contributed by atoms with van der Waals surface area (Å²) < 4.78 is 5.35. The fourth-order valence-electron chi connectivity index (χ4n) is 4.19. The minimum atomic E-state index is -0.321. The SMILES string of the molecule is CN1C(=O)CC[C@]2(C(=O)N3CCOCC3)CCCC[C@@H]12. The molecule has 2 amide bonds. The predicted molar refractivity (Wildman–Crippen MR) is 74.1 cm³/mol. The number of nitrogens with zero attached hydrogens (tertiary/aromatic N) is 2. The molecule has 2 heterocycles. The van der Waals surface area contributed by atoms with Crippen molar-refractivity contribution >= 4 is 11.8 Å². The number of hydrogen-bond donors (Lipinski definition) is 0. The molecule has 0 radical (unpaired) electrons. The average molecular weight is 280 g/mol. The van der Waals surface area contributed by atoms with Gasteiger partial charge in [0.2, 0.25) is 11.8 Å². The van der Waals surface area contributed by atoms with E-state index in [1.165, 1.54) is 0 Å². The molecule has 0 aromatic carbocycles. The average Bonchev–Trinajstić information content (AvgIpc) is 2.51. The number of ether oxygens (including phenoxy) is 1. The van der Waals surface area contributed by atoms with Gasteiger partial charge in [-0.05, 0) is 19.3 Å². The largest absolute Gasteiger partial charge is 0.378 e. The summed E-state index contributed by atoms with van der Waals surface area (Å²) in [6, 6.07) is 0.104. The van der Waals surface area contributed by atoms with Crippen LogP contribution < -0.4 is 0 Å². The Labute approximate surface area is 120 Å². The summed E-state index contributed by atoms with van der Waals surface area (Å²) in [4.78, 5) is 28.9. The Balaban J connectivity index is 1.86. The molecule has 2 saturated heterocycles. The van der Waals surface area contributed by atoms with Crippen LogP contribution in [0, 0.1) is 5.41 Å². The van der Waals surface area contributed by atoms with Crippen molar-refractivity contribution in [3.8, 4) is 0 Å². The molecule has 0 unspecified atom stereocenters. The van der Waals surface area contributed by atoms with Crippen LogP contribution in [0.4, 0.5) is 0 Å². The highest BCUT2D eigenvalue weighted by Crippen LogP contribution is 2.47. The predicted octanol–water partition coefficient (Wildman–Crippen LogP) is 1.03. The quantitative estimate of drug-likeness (QED) is 0.721. The number of rotatable bonds is 1. The van der Waals surface area contributed by atoms with Gasteiger partial charge in [0, 0.05) is 32.6 Å². The van der Waals surface area contributed by atoms with Crippen LogP contribution in [0.25, 0.3) is 0 Å². The third kappa shape index (κ3) is 2.12. The van der Waals surface area contributed by atoms with Crippen molar-refractivity contribution in [3.63, 3.8) is 0 Å². The van der Waals surface area contributed by atoms with Gasteiger partial charge in [-0.1, -0.05) is 12.8 Å². The number of likely N-dealkylation sites (tertiary alicyclic amines) is 1. The number of morpholine rings is 1. The van der Waals surface area contributed by atoms with Crippen LogP contribution in [0.5, 0.6) is 0 Å². The van der Waals surface area contributed by atoms with Gasteiger partial charge in [-0.2, -0.15) is 0 Å². The number of carbonyl (C=O) groups excluding carboxylic acids is 2. The van der Waals surface area contributed by atoms with Gasteiger partial charge in [0.15, 0.2) is 0 Å². The van der Waals surface area contributed by atoms with E-state index in [0.717, 1.165) is 32.1 Å². The second-order valence-corrected chi connectivity index (χ2v) is 6.33. The molecule has 3 aliphatic rings. The first-order valence-corrected chi connectivity index (χ1v) is 7.78. The molecule has 5 nitrogen and oxygen atoms in total. The lowest BCUT2D eigenvalue weighted by Crippen LogP contribution is -2.62. The number of carbonyl (C=O) groups is 2. The van der Waals surface area contributed by atoms with Crippen LogP contribution in [0.2, 0.25) is 0 Å². The van der Waals surface area contributed by atoms with Gasteiger partial charge >= 0.3 is 0 Å². The van der Waals surface area contributed by atoms with Crippen LogP contribution in [0.15, 0.2) is 0 Å². The van der Waals surface area contributed by atoms with Crippen molar-refractivity contribution < 1.29 is 14.3 Å². The highest BCUT2D eigenvalue weighted by atomic mass is 16.5. The standard InChI is InChI=1S/C15H24N2O3/c1-16-12-4-2-3-6-15(12,7-5-13(16)18)14(19)17-8-10-20-11-9-17/h12H,2-11H2,1H3/t12-,15-/m1/s1. The van der Waals surface area contributed by atoms with E-state index in [1.807, 2.05) is 16.8 Å². The van der Waals surface area contributed by atoms with Crippen LogP contribution in [0.3, 0.4) is 0 Å². The van der Waals surface area contributed by atoms with Gasteiger partial charge in [-0.25, -0.2) is 0 Å². The Morgan fingerprint density at radius 3 is 2.75 bits per heavy atom. The van der Waals surface area contributed by atoms with Crippen molar-refractivity contribution in [2.75, 3.05) is 33.4 Å². The fourth-order valence-corrected chi connectivity index (χ4v) is 4.19. The fraction of sp³-hybridized carbons (Fsp3) is 0.867. The summed E-state index contributed by atoms with van der Waals surface area (Å²) >= 11 is 0. The summed E-state index contributed by atoms with van der Waals surface area (Å²) in [5.41, 5.74) is -0.321. The number of hydrogen-bond acceptors (Lipinski definition) is 3. The van der Waals surface area contributed by atoms with Gasteiger partial charge in [-0.3, -0.25) is 9.59 Å². The summed E-state index contributed by atoms with van der Waals surface area (Å²) in [5.74, 6) is 0.465. The first kappa shape index (κ1) is 13.9. The van der Waals surface area contributed by atoms with E-state index in [-0.39, 0.29) is 23.3 Å². The van der Waals surface area contributed by atoms with E-state index in [9.17, 15) is 9.59 Å². The monoisotopic (exact) mass is 280 g/mol. The summed E-state index contributed by atoms with van der Waals surface area (Å²) in [6.45, 7) is 2.68. The van der Waals surface area contributed by atoms with Crippen LogP contribution in [-0.4, -0.2) is 61.0 Å². The lowest BCUT2D eigenvalue weighted by molar-refractivity contribution is -0.163. The molecular weight excluding hydrogens is 256 g/mol. The van der Waals surface area contributed by atoms with E-state index in [4.69, 9.17) is 4.74 Å². The third-order valence-electron chi connectivity index (χ3n) is 5.36. The Hall–Kier alpha value is -1.10. The minimum Gasteiger partial charge on any atom is -0.378 e. The summed E-state index contributed by atoms with van der Waals surface area (Å²) in [7, 11) is 1.87. The normalized spacial score (nSPS) is 34.9. The second-order valence-electron chi connectivity index (χ2n) is 6.33. The molecule has 0 aromatic rings. The maximum atomic E-state index is 13.1. The van der Waals surface area contributed by atoms with Crippen molar-refractivity contribution in [2.24, 2.45) is 5.41 Å². The minimum absolute atomic E-state index is 0.104. The molecular formula is C15H24N2O3. The van der Waals surface area contributed by atoms with Gasteiger partial charge in [0.1, 0.15) is 0 Å². The molecule has 1 saturated carbocycles. The van der Waals surface area contributed by atoms with Crippen molar-refractivity contribution in [1.82, 2.24) is 9.80 Å². The molecule has 0 aromatic heterocycles. The van der Waals surface area contributed by atoms with Gasteiger partial charge < -0.3 is 14.5 Å². The Kier molecular flexibility index (Phi) is 3.71. The van der Waals surface area contributed by atoms with Gasteiger partial charge in [0.25, 0.3) is 0 Å². The van der Waals surface area contributed by atoms with E-state index >= 15 is 0 Å². The Bertz CT molecular complexity index is 406. The number of fused-ring (bicyclic) bond motifs is 1. The molecule has 3 fully saturated rings. The topological polar surface area (TPSA) is 49.9 Å². The smallest absolute Gasteiger partial charge is 0.231 e. The maximum Gasteiger partial charge on any atom is 0.231 e. The highest BCUT2D eigenvalue weighted by molar-refractivity contribution is 5.88. The van der Waals surface area contributed by atoms with Gasteiger partial charge in [-0.15, -0.1) is 0 Å². The summed E-state index contributed by atoms with van der Waals surface area (Å²) in [5, 5.41) is 0. The van der Waals surface area contributed by atoms with Crippen molar-refractivity contribution in [3.05, 3.63) is 0 Å². The third-order valence-corrected chi connectivity index (χ3v) is 5.36. The first-order valence-electron chi connectivity index (χ1n) is 7.78. The van der Waals surface area contributed by atoms with Gasteiger partial charge in [0.05, 0.1) is 18.6 Å². The lowest BCUT2D eigenvalue weighted by atomic mass is 9.64. The molecule has 2 aliphatic heterocycles. The molecule has 1 aliphatic carbocycles. The highest BCUT2D eigenvalue weighted by Gasteiger charge is 2.53. The number of piperidine rings is 1. The molecule has 3 rings (SSSR count). The number of amides is 2. The van der Waals surface area contributed by atoms with E-state index in [2.05, 4.69) is 0 Å². The molecule has 0 spiro atoms. The summed E-state index contributed by atoms with van der Waals surface area (Å²) in [6.07, 6.45) is 5.39. The Morgan fingerprint density at radius 2 is 2.00 bits per heavy atom. The lowest BCUT2D eigenvalue weighted by Gasteiger charge is -2.52. The molecule has 0 bridgehead atoms. The maximum absolute atomic E-state index is 13.1. The van der Waals surface area contributed by atoms with E-state index in [0.29, 0.717) is 32.7 Å². The zero-order chi connectivity index (χ0) is 14.2. The Morgan fingerprint density at radius 1 is 1.25 bits per heavy atom.